The number of benzene rings is 1. The van der Waals surface area contributed by atoms with E-state index in [1.165, 1.54) is 29.2 Å². The molecule has 0 radical (unpaired) electrons. The number of nitrogens with one attached hydrogen (secondary N) is 3. The van der Waals surface area contributed by atoms with Gasteiger partial charge in [0.15, 0.2) is 0 Å². The third-order valence-corrected chi connectivity index (χ3v) is 8.71. The first-order valence-corrected chi connectivity index (χ1v) is 13.1. The van der Waals surface area contributed by atoms with Gasteiger partial charge in [-0.05, 0) is 38.5 Å². The molecular weight excluding hydrogens is 571 g/mol. The first-order chi connectivity index (χ1) is 18.8. The monoisotopic (exact) mass is 600 g/mol. The molecule has 216 valence electrons. The van der Waals surface area contributed by atoms with Crippen LogP contribution >= 0.6 is 11.8 Å². The summed E-state index contributed by atoms with van der Waals surface area (Å²) in [6.07, 6.45) is 0.197. The van der Waals surface area contributed by atoms with Crippen LogP contribution in [0.2, 0.25) is 0 Å². The Labute approximate surface area is 260 Å². The number of β-lactam (4-membered cyclic amide) rings is 1. The van der Waals surface area contributed by atoms with E-state index in [4.69, 9.17) is 0 Å². The van der Waals surface area contributed by atoms with Crippen molar-refractivity contribution in [3.05, 3.63) is 29.8 Å². The van der Waals surface area contributed by atoms with E-state index < -0.39 is 63.5 Å². The normalized spacial score (nSPS) is 25.3. The molecule has 4 atom stereocenters. The first-order valence-electron chi connectivity index (χ1n) is 12.3. The summed E-state index contributed by atoms with van der Waals surface area (Å²) in [7, 11) is 0. The second-order valence-corrected chi connectivity index (χ2v) is 11.6. The number of likely N-dealkylation sites (N-methyl/N-ethyl adjacent to an activating group) is 1. The van der Waals surface area contributed by atoms with E-state index in [1.807, 2.05) is 0 Å². The number of hydrogen-bond acceptors (Lipinski definition) is 9. The number of amides is 7. The zero-order valence-electron chi connectivity index (χ0n) is 21.7. The molecule has 3 saturated heterocycles. The number of hydrogen-bond donors (Lipinski definition) is 5. The van der Waals surface area contributed by atoms with Gasteiger partial charge >= 0.3 is 53.4 Å². The fourth-order valence-electron chi connectivity index (χ4n) is 5.04. The number of nitrogens with zero attached hydrogens (tertiary/aromatic N) is 3. The summed E-state index contributed by atoms with van der Waals surface area (Å²) in [6.45, 7) is 5.16. The fourth-order valence-corrected chi connectivity index (χ4v) is 6.70. The maximum absolute atomic E-state index is 13.7. The Balaban J connectivity index is 0.00000462. The number of imide groups is 1. The maximum atomic E-state index is 13.7. The molecule has 0 aromatic heterocycles. The van der Waals surface area contributed by atoms with Gasteiger partial charge in [-0.15, -0.1) is 11.8 Å². The van der Waals surface area contributed by atoms with Crippen LogP contribution in [-0.2, 0) is 28.8 Å². The third kappa shape index (κ3) is 5.48. The Morgan fingerprint density at radius 2 is 1.76 bits per heavy atom. The molecule has 3 aliphatic rings. The Morgan fingerprint density at radius 1 is 1.12 bits per heavy atom. The van der Waals surface area contributed by atoms with Gasteiger partial charge in [0, 0.05) is 24.4 Å². The number of carboxylic acids is 1. The van der Waals surface area contributed by atoms with Crippen molar-refractivity contribution < 1.29 is 43.8 Å². The second kappa shape index (κ2) is 11.9. The van der Waals surface area contributed by atoms with E-state index in [1.54, 1.807) is 20.8 Å². The van der Waals surface area contributed by atoms with Crippen molar-refractivity contribution in [3.63, 3.8) is 0 Å². The Morgan fingerprint density at radius 3 is 2.32 bits per heavy atom. The Kier molecular flexibility index (Phi) is 9.32. The first kappa shape index (κ1) is 32.2. The minimum absolute atomic E-state index is 0. The summed E-state index contributed by atoms with van der Waals surface area (Å²) in [5, 5.41) is 25.6. The SMILES string of the molecule is CCN1CCN(C(=O)NC(C(=O)N[C@]2(NC=O)C(=O)N3[C@@H](C(=O)O)C(C)(C)S[C@@H]32)c2ccc(O)cc2)C(=O)C1=O.[NaH]. The summed E-state index contributed by atoms with van der Waals surface area (Å²) in [6, 6.07) is 1.31. The number of urea groups is 1. The zero-order chi connectivity index (χ0) is 29.6. The number of phenolic OH excluding ortho intramolecular Hbond substituents is 1. The molecule has 41 heavy (non-hydrogen) atoms. The molecule has 3 fully saturated rings. The van der Waals surface area contributed by atoms with Crippen molar-refractivity contribution in [2.75, 3.05) is 19.6 Å². The quantitative estimate of drug-likeness (QED) is 0.0722. The molecule has 3 heterocycles. The Hall–Kier alpha value is -3.34. The molecule has 1 aromatic carbocycles. The fraction of sp³-hybridized carbons (Fsp3) is 0.458. The van der Waals surface area contributed by atoms with Gasteiger partial charge in [0.25, 0.3) is 5.91 Å². The average molecular weight is 601 g/mol. The van der Waals surface area contributed by atoms with Gasteiger partial charge in [-0.25, -0.2) is 9.59 Å². The van der Waals surface area contributed by atoms with Crippen LogP contribution in [-0.4, -0.2) is 138 Å². The predicted octanol–water partition coefficient (Wildman–Crippen LogP) is -2.11. The van der Waals surface area contributed by atoms with E-state index in [2.05, 4.69) is 16.0 Å². The molecule has 0 aliphatic carbocycles. The summed E-state index contributed by atoms with van der Waals surface area (Å²) < 4.78 is -0.971. The summed E-state index contributed by atoms with van der Waals surface area (Å²) >= 11 is 1.07. The van der Waals surface area contributed by atoms with E-state index >= 15 is 0 Å². The number of fused-ring (bicyclic) bond motifs is 1. The molecule has 0 spiro atoms. The number of aliphatic carboxylic acids is 1. The molecule has 5 N–H and O–H groups in total. The number of carbonyl (C=O) groups is 7. The van der Waals surface area contributed by atoms with Gasteiger partial charge < -0.3 is 36.0 Å². The molecule has 15 nitrogen and oxygen atoms in total. The topological polar surface area (TPSA) is 206 Å². The van der Waals surface area contributed by atoms with Gasteiger partial charge in [-0.1, -0.05) is 12.1 Å². The van der Waals surface area contributed by atoms with E-state index in [-0.39, 0.29) is 66.9 Å². The van der Waals surface area contributed by atoms with Crippen molar-refractivity contribution in [3.8, 4) is 5.75 Å². The van der Waals surface area contributed by atoms with Gasteiger partial charge in [0.1, 0.15) is 23.2 Å². The molecule has 1 unspecified atom stereocenters. The number of aromatic hydroxyl groups is 1. The standard InChI is InChI=1S/C24H28N6O9S.Na.H/c1-4-28-9-10-29(18(35)17(28)34)22(39)26-14(12-5-7-13(32)8-6-12)16(33)27-24(25-11-31)20(38)30-15(19(36)37)23(2,3)40-21(24)30;;/h5-8,11,14-15,21,32H,4,9-10H2,1-3H3,(H,25,31)(H,26,39)(H,27,33)(H,36,37);;/t14?,15-,21+,24+;;/m0../s1. The van der Waals surface area contributed by atoms with Gasteiger partial charge in [-0.2, -0.15) is 0 Å². The van der Waals surface area contributed by atoms with Gasteiger partial charge in [-0.3, -0.25) is 28.9 Å². The van der Waals surface area contributed by atoms with Crippen LogP contribution in [0.15, 0.2) is 24.3 Å². The Bertz CT molecular complexity index is 1290. The number of phenols is 1. The summed E-state index contributed by atoms with van der Waals surface area (Å²) in [5.74, 6) is -5.20. The molecule has 0 saturated carbocycles. The molecule has 4 rings (SSSR count). The van der Waals surface area contributed by atoms with Gasteiger partial charge in [0.2, 0.25) is 18.0 Å². The number of thioether (sulfide) groups is 1. The molecular formula is C24H29N6NaO9S. The van der Waals surface area contributed by atoms with Crippen LogP contribution in [0.1, 0.15) is 32.4 Å². The van der Waals surface area contributed by atoms with Crippen molar-refractivity contribution in [1.29, 1.82) is 0 Å². The van der Waals surface area contributed by atoms with Crippen LogP contribution in [0.25, 0.3) is 0 Å². The van der Waals surface area contributed by atoms with Crippen LogP contribution in [0.3, 0.4) is 0 Å². The van der Waals surface area contributed by atoms with Crippen molar-refractivity contribution in [1.82, 2.24) is 30.7 Å². The van der Waals surface area contributed by atoms with Crippen LogP contribution in [0.5, 0.6) is 5.75 Å². The van der Waals surface area contributed by atoms with Crippen LogP contribution in [0, 0.1) is 0 Å². The molecule has 3 aliphatic heterocycles. The summed E-state index contributed by atoms with van der Waals surface area (Å²) in [5.41, 5.74) is -1.88. The van der Waals surface area contributed by atoms with E-state index in [9.17, 15) is 43.8 Å². The van der Waals surface area contributed by atoms with E-state index in [0.717, 1.165) is 16.7 Å². The van der Waals surface area contributed by atoms with Crippen molar-refractivity contribution >= 4 is 83.4 Å². The number of piperazine rings is 1. The average Bonchev–Trinajstić information content (AvgIpc) is 3.17. The third-order valence-electron chi connectivity index (χ3n) is 7.08. The number of carboxylic acid groups (broad SMARTS) is 1. The number of rotatable bonds is 8. The second-order valence-electron chi connectivity index (χ2n) is 9.90. The van der Waals surface area contributed by atoms with Crippen LogP contribution < -0.4 is 16.0 Å². The van der Waals surface area contributed by atoms with E-state index in [0.29, 0.717) is 4.90 Å². The van der Waals surface area contributed by atoms with Crippen LogP contribution in [0.4, 0.5) is 4.79 Å². The molecule has 7 amide bonds. The predicted molar refractivity (Wildman–Crippen MR) is 144 cm³/mol. The molecule has 1 aromatic rings. The molecule has 0 bridgehead atoms. The van der Waals surface area contributed by atoms with Crippen molar-refractivity contribution in [2.24, 2.45) is 0 Å². The minimum atomic E-state index is -2.02. The van der Waals surface area contributed by atoms with Gasteiger partial charge in [0.05, 0.1) is 0 Å². The van der Waals surface area contributed by atoms with Crippen molar-refractivity contribution in [2.45, 2.75) is 48.6 Å². The molecule has 17 heteroatoms. The number of carbonyl (C=O) groups excluding carboxylic acids is 6. The summed E-state index contributed by atoms with van der Waals surface area (Å²) in [4.78, 5) is 91.4. The zero-order valence-corrected chi connectivity index (χ0v) is 22.6.